The number of furan rings is 1. The molecule has 108 valence electrons. The minimum atomic E-state index is -0.636. The zero-order valence-corrected chi connectivity index (χ0v) is 11.4. The number of nitrogens with two attached hydrogens (primary N) is 1. The van der Waals surface area contributed by atoms with E-state index >= 15 is 0 Å². The SMILES string of the molecule is Cc1ccc(/C=C/C(=O)Nc2ccc(NC(N)=O)cc2)o1. The summed E-state index contributed by atoms with van der Waals surface area (Å²) in [6.07, 6.45) is 2.97. The Morgan fingerprint density at radius 2 is 1.67 bits per heavy atom. The molecule has 0 unspecified atom stereocenters. The fourth-order valence-electron chi connectivity index (χ4n) is 1.66. The summed E-state index contributed by atoms with van der Waals surface area (Å²) in [4.78, 5) is 22.4. The van der Waals surface area contributed by atoms with E-state index in [-0.39, 0.29) is 5.91 Å². The summed E-state index contributed by atoms with van der Waals surface area (Å²) in [7, 11) is 0. The standard InChI is InChI=1S/C15H15N3O3/c1-10-2-7-13(21-10)8-9-14(19)17-11-3-5-12(6-4-11)18-15(16)20/h2-9H,1H3,(H,17,19)(H3,16,18,20)/b9-8+. The van der Waals surface area contributed by atoms with Crippen LogP contribution in [-0.2, 0) is 4.79 Å². The van der Waals surface area contributed by atoms with Gasteiger partial charge in [0.15, 0.2) is 0 Å². The van der Waals surface area contributed by atoms with Crippen LogP contribution in [0.2, 0.25) is 0 Å². The number of hydrogen-bond donors (Lipinski definition) is 3. The van der Waals surface area contributed by atoms with E-state index in [0.29, 0.717) is 17.1 Å². The monoisotopic (exact) mass is 285 g/mol. The Bertz CT molecular complexity index is 672. The molecule has 0 aliphatic rings. The Morgan fingerprint density at radius 3 is 2.19 bits per heavy atom. The lowest BCUT2D eigenvalue weighted by Crippen LogP contribution is -2.19. The highest BCUT2D eigenvalue weighted by Gasteiger charge is 2.00. The van der Waals surface area contributed by atoms with E-state index in [1.54, 1.807) is 36.4 Å². The fourth-order valence-corrected chi connectivity index (χ4v) is 1.66. The van der Waals surface area contributed by atoms with Crippen LogP contribution in [0, 0.1) is 6.92 Å². The first kappa shape index (κ1) is 14.4. The topological polar surface area (TPSA) is 97.4 Å². The number of urea groups is 1. The Morgan fingerprint density at radius 1 is 1.05 bits per heavy atom. The first-order valence-corrected chi connectivity index (χ1v) is 6.25. The highest BCUT2D eigenvalue weighted by Crippen LogP contribution is 2.13. The highest BCUT2D eigenvalue weighted by molar-refractivity contribution is 6.01. The summed E-state index contributed by atoms with van der Waals surface area (Å²) in [5.41, 5.74) is 6.17. The van der Waals surface area contributed by atoms with E-state index in [1.807, 2.05) is 13.0 Å². The molecule has 0 aliphatic carbocycles. The minimum absolute atomic E-state index is 0.278. The maximum Gasteiger partial charge on any atom is 0.316 e. The number of rotatable bonds is 4. The number of anilines is 2. The number of amides is 3. The molecule has 0 radical (unpaired) electrons. The van der Waals surface area contributed by atoms with Crippen molar-refractivity contribution in [1.29, 1.82) is 0 Å². The van der Waals surface area contributed by atoms with Gasteiger partial charge in [-0.2, -0.15) is 0 Å². The van der Waals surface area contributed by atoms with Crippen LogP contribution in [0.15, 0.2) is 46.9 Å². The van der Waals surface area contributed by atoms with Crippen LogP contribution in [0.25, 0.3) is 6.08 Å². The first-order valence-electron chi connectivity index (χ1n) is 6.25. The minimum Gasteiger partial charge on any atom is -0.462 e. The molecule has 0 saturated carbocycles. The maximum atomic E-state index is 11.7. The predicted molar refractivity (Wildman–Crippen MR) is 80.8 cm³/mol. The van der Waals surface area contributed by atoms with Crippen molar-refractivity contribution in [3.8, 4) is 0 Å². The van der Waals surface area contributed by atoms with Crippen LogP contribution in [0.3, 0.4) is 0 Å². The van der Waals surface area contributed by atoms with E-state index < -0.39 is 6.03 Å². The maximum absolute atomic E-state index is 11.7. The van der Waals surface area contributed by atoms with Gasteiger partial charge in [0.2, 0.25) is 5.91 Å². The number of benzene rings is 1. The van der Waals surface area contributed by atoms with Gasteiger partial charge < -0.3 is 20.8 Å². The molecule has 2 rings (SSSR count). The molecule has 4 N–H and O–H groups in total. The van der Waals surface area contributed by atoms with Crippen LogP contribution in [0.4, 0.5) is 16.2 Å². The quantitative estimate of drug-likeness (QED) is 0.753. The van der Waals surface area contributed by atoms with Crippen LogP contribution >= 0.6 is 0 Å². The van der Waals surface area contributed by atoms with E-state index in [0.717, 1.165) is 5.76 Å². The van der Waals surface area contributed by atoms with E-state index in [9.17, 15) is 9.59 Å². The summed E-state index contributed by atoms with van der Waals surface area (Å²) in [6, 6.07) is 9.57. The summed E-state index contributed by atoms with van der Waals surface area (Å²) >= 11 is 0. The Balaban J connectivity index is 1.93. The van der Waals surface area contributed by atoms with Gasteiger partial charge in [0.25, 0.3) is 0 Å². The molecule has 2 aromatic rings. The lowest BCUT2D eigenvalue weighted by Gasteiger charge is -2.04. The number of primary amides is 1. The number of carbonyl (C=O) groups is 2. The number of nitrogens with one attached hydrogen (secondary N) is 2. The van der Waals surface area contributed by atoms with Crippen LogP contribution in [-0.4, -0.2) is 11.9 Å². The third kappa shape index (κ3) is 4.54. The fraction of sp³-hybridized carbons (Fsp3) is 0.0667. The third-order valence-electron chi connectivity index (χ3n) is 2.58. The van der Waals surface area contributed by atoms with E-state index in [1.165, 1.54) is 6.08 Å². The third-order valence-corrected chi connectivity index (χ3v) is 2.58. The molecule has 0 fully saturated rings. The van der Waals surface area contributed by atoms with Gasteiger partial charge in [-0.15, -0.1) is 0 Å². The van der Waals surface area contributed by atoms with Crippen molar-refractivity contribution in [3.05, 3.63) is 54.0 Å². The molecule has 6 nitrogen and oxygen atoms in total. The highest BCUT2D eigenvalue weighted by atomic mass is 16.3. The largest absolute Gasteiger partial charge is 0.462 e. The molecule has 6 heteroatoms. The zero-order valence-electron chi connectivity index (χ0n) is 11.4. The van der Waals surface area contributed by atoms with Gasteiger partial charge in [-0.3, -0.25) is 4.79 Å². The van der Waals surface area contributed by atoms with E-state index in [4.69, 9.17) is 10.2 Å². The molecule has 1 aromatic carbocycles. The lowest BCUT2D eigenvalue weighted by molar-refractivity contribution is -0.111. The van der Waals surface area contributed by atoms with Crippen molar-refractivity contribution in [1.82, 2.24) is 0 Å². The van der Waals surface area contributed by atoms with Gasteiger partial charge in [-0.25, -0.2) is 4.79 Å². The summed E-state index contributed by atoms with van der Waals surface area (Å²) in [5, 5.41) is 5.12. The van der Waals surface area contributed by atoms with Gasteiger partial charge in [-0.1, -0.05) is 0 Å². The molecule has 1 aromatic heterocycles. The molecule has 3 amide bonds. The normalized spacial score (nSPS) is 10.5. The van der Waals surface area contributed by atoms with Gasteiger partial charge in [0.1, 0.15) is 11.5 Å². The molecular formula is C15H15N3O3. The van der Waals surface area contributed by atoms with Crippen molar-refractivity contribution in [2.24, 2.45) is 5.73 Å². The molecule has 1 heterocycles. The first-order chi connectivity index (χ1) is 10.0. The summed E-state index contributed by atoms with van der Waals surface area (Å²) in [5.74, 6) is 1.12. The molecule has 0 bridgehead atoms. The average Bonchev–Trinajstić information content (AvgIpc) is 2.84. The van der Waals surface area contributed by atoms with Crippen LogP contribution in [0.5, 0.6) is 0 Å². The van der Waals surface area contributed by atoms with Gasteiger partial charge in [0.05, 0.1) is 0 Å². The van der Waals surface area contributed by atoms with Crippen molar-refractivity contribution in [2.75, 3.05) is 10.6 Å². The number of carbonyl (C=O) groups excluding carboxylic acids is 2. The Hall–Kier alpha value is -3.02. The molecule has 0 saturated heterocycles. The second-order valence-electron chi connectivity index (χ2n) is 4.34. The molecule has 0 aliphatic heterocycles. The molecule has 0 spiro atoms. The van der Waals surface area contributed by atoms with Crippen molar-refractivity contribution in [3.63, 3.8) is 0 Å². The second kappa shape index (κ2) is 6.42. The number of hydrogen-bond acceptors (Lipinski definition) is 3. The second-order valence-corrected chi connectivity index (χ2v) is 4.34. The Labute approximate surface area is 121 Å². The van der Waals surface area contributed by atoms with E-state index in [2.05, 4.69) is 10.6 Å². The van der Waals surface area contributed by atoms with Crippen LogP contribution in [0.1, 0.15) is 11.5 Å². The van der Waals surface area contributed by atoms with Gasteiger partial charge in [0, 0.05) is 17.5 Å². The zero-order chi connectivity index (χ0) is 15.2. The predicted octanol–water partition coefficient (Wildman–Crippen LogP) is 2.73. The molecular weight excluding hydrogens is 270 g/mol. The van der Waals surface area contributed by atoms with Gasteiger partial charge >= 0.3 is 6.03 Å². The summed E-state index contributed by atoms with van der Waals surface area (Å²) in [6.45, 7) is 1.83. The smallest absolute Gasteiger partial charge is 0.316 e. The summed E-state index contributed by atoms with van der Waals surface area (Å²) < 4.78 is 5.32. The average molecular weight is 285 g/mol. The van der Waals surface area contributed by atoms with Crippen molar-refractivity contribution in [2.45, 2.75) is 6.92 Å². The number of aryl methyl sites for hydroxylation is 1. The lowest BCUT2D eigenvalue weighted by atomic mass is 10.2. The van der Waals surface area contributed by atoms with Crippen molar-refractivity contribution < 1.29 is 14.0 Å². The van der Waals surface area contributed by atoms with Crippen molar-refractivity contribution >= 4 is 29.4 Å². The van der Waals surface area contributed by atoms with Crippen LogP contribution < -0.4 is 16.4 Å². The molecule has 0 atom stereocenters. The Kier molecular flexibility index (Phi) is 4.40. The molecule has 21 heavy (non-hydrogen) atoms. The van der Waals surface area contributed by atoms with Gasteiger partial charge in [-0.05, 0) is 49.4 Å².